The van der Waals surface area contributed by atoms with E-state index < -0.39 is 0 Å². The van der Waals surface area contributed by atoms with E-state index in [1.807, 2.05) is 0 Å². The number of anilines is 1. The largest absolute Gasteiger partial charge is 0.382 e. The highest BCUT2D eigenvalue weighted by molar-refractivity contribution is 9.10. The molecule has 0 bridgehead atoms. The molecule has 1 nitrogen and oxygen atoms in total. The Morgan fingerprint density at radius 3 is 2.61 bits per heavy atom. The molecule has 98 valence electrons. The second kappa shape index (κ2) is 5.24. The molecular formula is C16H22BrN. The number of rotatable bonds is 3. The third-order valence-corrected chi connectivity index (χ3v) is 4.87. The van der Waals surface area contributed by atoms with Crippen LogP contribution in [0.4, 0.5) is 5.69 Å². The summed E-state index contributed by atoms with van der Waals surface area (Å²) in [6, 6.07) is 7.32. The highest BCUT2D eigenvalue weighted by Crippen LogP contribution is 2.44. The van der Waals surface area contributed by atoms with Gasteiger partial charge in [0.25, 0.3) is 0 Å². The molecule has 2 aliphatic carbocycles. The number of halogens is 1. The van der Waals surface area contributed by atoms with Crippen LogP contribution in [0, 0.1) is 18.8 Å². The highest BCUT2D eigenvalue weighted by Gasteiger charge is 2.34. The van der Waals surface area contributed by atoms with Gasteiger partial charge in [0.05, 0.1) is 0 Å². The molecule has 0 spiro atoms. The maximum absolute atomic E-state index is 3.75. The lowest BCUT2D eigenvalue weighted by atomic mass is 9.82. The van der Waals surface area contributed by atoms with Gasteiger partial charge in [0.2, 0.25) is 0 Å². The zero-order valence-corrected chi connectivity index (χ0v) is 12.7. The lowest BCUT2D eigenvalue weighted by Gasteiger charge is -2.30. The van der Waals surface area contributed by atoms with Crippen LogP contribution in [0.1, 0.15) is 44.1 Å². The van der Waals surface area contributed by atoms with E-state index in [4.69, 9.17) is 0 Å². The molecule has 0 aromatic heterocycles. The molecule has 0 radical (unpaired) electrons. The van der Waals surface area contributed by atoms with Gasteiger partial charge in [0, 0.05) is 16.2 Å². The molecule has 2 saturated carbocycles. The van der Waals surface area contributed by atoms with Crippen LogP contribution in [0.15, 0.2) is 22.7 Å². The normalized spacial score (nSPS) is 28.1. The van der Waals surface area contributed by atoms with Gasteiger partial charge in [-0.2, -0.15) is 0 Å². The van der Waals surface area contributed by atoms with E-state index >= 15 is 0 Å². The predicted molar refractivity (Wildman–Crippen MR) is 81.0 cm³/mol. The van der Waals surface area contributed by atoms with Crippen LogP contribution < -0.4 is 5.32 Å². The SMILES string of the molecule is Cc1cc(Br)cc(NC2CCCC(C3CC3)C2)c1. The molecule has 2 aliphatic rings. The molecule has 18 heavy (non-hydrogen) atoms. The molecule has 2 atom stereocenters. The van der Waals surface area contributed by atoms with Gasteiger partial charge in [0.15, 0.2) is 0 Å². The van der Waals surface area contributed by atoms with Gasteiger partial charge in [-0.15, -0.1) is 0 Å². The average Bonchev–Trinajstić information content (AvgIpc) is 3.11. The Bertz CT molecular complexity index is 405. The zero-order valence-electron chi connectivity index (χ0n) is 11.1. The van der Waals surface area contributed by atoms with Crippen molar-refractivity contribution in [3.8, 4) is 0 Å². The van der Waals surface area contributed by atoms with Gasteiger partial charge >= 0.3 is 0 Å². The molecule has 0 aliphatic heterocycles. The average molecular weight is 308 g/mol. The maximum atomic E-state index is 3.75. The number of benzene rings is 1. The highest BCUT2D eigenvalue weighted by atomic mass is 79.9. The first-order valence-electron chi connectivity index (χ1n) is 7.24. The Morgan fingerprint density at radius 2 is 1.89 bits per heavy atom. The molecule has 2 fully saturated rings. The van der Waals surface area contributed by atoms with Crippen molar-refractivity contribution in [1.82, 2.24) is 0 Å². The summed E-state index contributed by atoms with van der Waals surface area (Å²) in [6.45, 7) is 2.16. The topological polar surface area (TPSA) is 12.0 Å². The second-order valence-electron chi connectivity index (χ2n) is 6.12. The first-order valence-corrected chi connectivity index (χ1v) is 8.04. The van der Waals surface area contributed by atoms with Crippen molar-refractivity contribution in [2.75, 3.05) is 5.32 Å². The van der Waals surface area contributed by atoms with E-state index in [0.29, 0.717) is 6.04 Å². The van der Waals surface area contributed by atoms with Crippen molar-refractivity contribution in [2.24, 2.45) is 11.8 Å². The van der Waals surface area contributed by atoms with E-state index in [9.17, 15) is 0 Å². The molecular weight excluding hydrogens is 286 g/mol. The van der Waals surface area contributed by atoms with Gasteiger partial charge in [0.1, 0.15) is 0 Å². The monoisotopic (exact) mass is 307 g/mol. The fourth-order valence-electron chi connectivity index (χ4n) is 3.41. The van der Waals surface area contributed by atoms with Crippen LogP contribution in [0.5, 0.6) is 0 Å². The van der Waals surface area contributed by atoms with Crippen molar-refractivity contribution in [3.05, 3.63) is 28.2 Å². The minimum absolute atomic E-state index is 0.693. The van der Waals surface area contributed by atoms with Gasteiger partial charge in [-0.1, -0.05) is 28.8 Å². The van der Waals surface area contributed by atoms with E-state index in [2.05, 4.69) is 46.4 Å². The van der Waals surface area contributed by atoms with E-state index in [0.717, 1.165) is 11.8 Å². The standard InChI is InChI=1S/C16H22BrN/c1-11-7-14(17)10-16(8-11)18-15-4-2-3-13(9-15)12-5-6-12/h7-8,10,12-13,15,18H,2-6,9H2,1H3. The minimum Gasteiger partial charge on any atom is -0.382 e. The maximum Gasteiger partial charge on any atom is 0.0356 e. The van der Waals surface area contributed by atoms with Crippen LogP contribution in [-0.2, 0) is 0 Å². The Kier molecular flexibility index (Phi) is 3.65. The summed E-state index contributed by atoms with van der Waals surface area (Å²) in [7, 11) is 0. The minimum atomic E-state index is 0.693. The molecule has 0 amide bonds. The van der Waals surface area contributed by atoms with Gasteiger partial charge < -0.3 is 5.32 Å². The summed E-state index contributed by atoms with van der Waals surface area (Å²) in [4.78, 5) is 0. The number of aryl methyl sites for hydroxylation is 1. The Morgan fingerprint density at radius 1 is 1.06 bits per heavy atom. The van der Waals surface area contributed by atoms with Crippen molar-refractivity contribution in [3.63, 3.8) is 0 Å². The summed E-state index contributed by atoms with van der Waals surface area (Å²) >= 11 is 3.58. The van der Waals surface area contributed by atoms with Crippen molar-refractivity contribution < 1.29 is 0 Å². The molecule has 0 heterocycles. The van der Waals surface area contributed by atoms with Crippen molar-refractivity contribution in [2.45, 2.75) is 51.5 Å². The van der Waals surface area contributed by atoms with E-state index in [-0.39, 0.29) is 0 Å². The molecule has 2 unspecified atom stereocenters. The summed E-state index contributed by atoms with van der Waals surface area (Å²) in [5.74, 6) is 2.07. The summed E-state index contributed by atoms with van der Waals surface area (Å²) < 4.78 is 1.18. The van der Waals surface area contributed by atoms with E-state index in [1.54, 1.807) is 0 Å². The Balaban J connectivity index is 1.64. The molecule has 1 aromatic carbocycles. The fourth-order valence-corrected chi connectivity index (χ4v) is 4.02. The lowest BCUT2D eigenvalue weighted by Crippen LogP contribution is -2.28. The van der Waals surface area contributed by atoms with Crippen LogP contribution in [0.25, 0.3) is 0 Å². The van der Waals surface area contributed by atoms with Gasteiger partial charge in [-0.25, -0.2) is 0 Å². The number of nitrogens with one attached hydrogen (secondary N) is 1. The molecule has 2 heteroatoms. The van der Waals surface area contributed by atoms with Crippen LogP contribution >= 0.6 is 15.9 Å². The third-order valence-electron chi connectivity index (χ3n) is 4.42. The quantitative estimate of drug-likeness (QED) is 0.815. The Labute approximate surface area is 118 Å². The molecule has 1 aromatic rings. The number of hydrogen-bond donors (Lipinski definition) is 1. The van der Waals surface area contributed by atoms with Crippen LogP contribution in [-0.4, -0.2) is 6.04 Å². The van der Waals surface area contributed by atoms with Gasteiger partial charge in [-0.05, 0) is 68.2 Å². The van der Waals surface area contributed by atoms with Crippen LogP contribution in [0.3, 0.4) is 0 Å². The van der Waals surface area contributed by atoms with Crippen molar-refractivity contribution in [1.29, 1.82) is 0 Å². The summed E-state index contributed by atoms with van der Waals surface area (Å²) in [5.41, 5.74) is 2.60. The first kappa shape index (κ1) is 12.5. The first-order chi connectivity index (χ1) is 8.70. The zero-order chi connectivity index (χ0) is 12.5. The smallest absolute Gasteiger partial charge is 0.0356 e. The van der Waals surface area contributed by atoms with E-state index in [1.165, 1.54) is 54.2 Å². The predicted octanol–water partition coefficient (Wildman–Crippen LogP) is 5.14. The second-order valence-corrected chi connectivity index (χ2v) is 7.04. The summed E-state index contributed by atoms with van der Waals surface area (Å²) in [5, 5.41) is 3.75. The van der Waals surface area contributed by atoms with Crippen LogP contribution in [0.2, 0.25) is 0 Å². The van der Waals surface area contributed by atoms with Crippen molar-refractivity contribution >= 4 is 21.6 Å². The fraction of sp³-hybridized carbons (Fsp3) is 0.625. The molecule has 0 saturated heterocycles. The number of hydrogen-bond acceptors (Lipinski definition) is 1. The Hall–Kier alpha value is -0.500. The lowest BCUT2D eigenvalue weighted by molar-refractivity contribution is 0.303. The third kappa shape index (κ3) is 3.09. The van der Waals surface area contributed by atoms with Gasteiger partial charge in [-0.3, -0.25) is 0 Å². The molecule has 3 rings (SSSR count). The summed E-state index contributed by atoms with van der Waals surface area (Å²) in [6.07, 6.45) is 8.60. The molecule has 1 N–H and O–H groups in total.